The third-order valence-electron chi connectivity index (χ3n) is 5.94. The Morgan fingerprint density at radius 1 is 0.783 bits per heavy atom. The zero-order chi connectivity index (χ0) is 34.2. The van der Waals surface area contributed by atoms with Crippen molar-refractivity contribution in [3.8, 4) is 0 Å². The molecule has 14 nitrogen and oxygen atoms in total. The van der Waals surface area contributed by atoms with Gasteiger partial charge >= 0.3 is 11.4 Å². The van der Waals surface area contributed by atoms with Crippen LogP contribution in [-0.2, 0) is 13.1 Å². The van der Waals surface area contributed by atoms with E-state index in [1.54, 1.807) is 67.4 Å². The molecule has 46 heavy (non-hydrogen) atoms. The van der Waals surface area contributed by atoms with Crippen molar-refractivity contribution in [2.45, 2.75) is 13.1 Å². The van der Waals surface area contributed by atoms with Crippen LogP contribution in [0.15, 0.2) is 101 Å². The van der Waals surface area contributed by atoms with Crippen molar-refractivity contribution >= 4 is 40.6 Å². The Morgan fingerprint density at radius 3 is 1.61 bits per heavy atom. The molecule has 0 spiro atoms. The van der Waals surface area contributed by atoms with E-state index in [2.05, 4.69) is 25.3 Å². The van der Waals surface area contributed by atoms with Gasteiger partial charge in [-0.1, -0.05) is 53.5 Å². The van der Waals surface area contributed by atoms with Crippen molar-refractivity contribution in [1.29, 1.82) is 0 Å². The zero-order valence-electron chi connectivity index (χ0n) is 26.3. The highest BCUT2D eigenvalue weighted by Crippen LogP contribution is 2.13. The summed E-state index contributed by atoms with van der Waals surface area (Å²) < 4.78 is 0. The van der Waals surface area contributed by atoms with Crippen LogP contribution in [0.5, 0.6) is 0 Å². The number of hydrogen-bond acceptors (Lipinski definition) is 10. The summed E-state index contributed by atoms with van der Waals surface area (Å²) in [6.45, 7) is 0.850. The van der Waals surface area contributed by atoms with Gasteiger partial charge in [-0.3, -0.25) is 30.2 Å². The SMILES string of the molecule is CN=C(/C(=C\N(C)C)[N+](=O)[O-])N(C)Cc1ccc(Cl)nc1.CN=C(/C(=C\Nc1ccccc1)[N+](=O)[O-])N(C)Cc1ccc(Cl)nc1. The van der Waals surface area contributed by atoms with Gasteiger partial charge in [-0.05, 0) is 35.4 Å². The predicted molar refractivity (Wildman–Crippen MR) is 182 cm³/mol. The highest BCUT2D eigenvalue weighted by Gasteiger charge is 2.24. The van der Waals surface area contributed by atoms with Crippen LogP contribution in [0.2, 0.25) is 10.3 Å². The number of hydrogen-bond donors (Lipinski definition) is 1. The molecule has 0 aliphatic rings. The van der Waals surface area contributed by atoms with Crippen LogP contribution in [0.4, 0.5) is 5.69 Å². The number of amidine groups is 2. The number of para-hydroxylation sites is 1. The first-order valence-corrected chi connectivity index (χ1v) is 14.4. The summed E-state index contributed by atoms with van der Waals surface area (Å²) >= 11 is 11.5. The third kappa shape index (κ3) is 12.1. The largest absolute Gasteiger partial charge is 0.378 e. The molecular weight excluding hydrogens is 635 g/mol. The third-order valence-corrected chi connectivity index (χ3v) is 6.39. The van der Waals surface area contributed by atoms with Crippen LogP contribution in [-0.4, -0.2) is 88.5 Å². The number of nitro groups is 2. The summed E-state index contributed by atoms with van der Waals surface area (Å²) in [6.07, 6.45) is 6.03. The molecule has 1 aromatic carbocycles. The number of likely N-dealkylation sites (N-methyl/N-ethyl adjacent to an activating group) is 2. The summed E-state index contributed by atoms with van der Waals surface area (Å²) in [6, 6.07) is 16.2. The Morgan fingerprint density at radius 2 is 1.24 bits per heavy atom. The Bertz CT molecular complexity index is 1560. The second-order valence-corrected chi connectivity index (χ2v) is 10.6. The van der Waals surface area contributed by atoms with E-state index < -0.39 is 9.85 Å². The van der Waals surface area contributed by atoms with E-state index in [1.807, 2.05) is 42.5 Å². The number of benzene rings is 1. The number of anilines is 1. The van der Waals surface area contributed by atoms with Crippen LogP contribution in [0, 0.1) is 20.2 Å². The fourth-order valence-corrected chi connectivity index (χ4v) is 4.20. The van der Waals surface area contributed by atoms with Crippen LogP contribution < -0.4 is 5.32 Å². The summed E-state index contributed by atoms with van der Waals surface area (Å²) in [4.78, 5) is 42.9. The first-order chi connectivity index (χ1) is 21.9. The van der Waals surface area contributed by atoms with Crippen molar-refractivity contribution in [3.05, 3.63) is 132 Å². The van der Waals surface area contributed by atoms with Gasteiger partial charge in [0.2, 0.25) is 11.7 Å². The number of pyridine rings is 2. The fraction of sp³-hybridized carbons (Fsp3) is 0.267. The fourth-order valence-electron chi connectivity index (χ4n) is 3.98. The van der Waals surface area contributed by atoms with Crippen LogP contribution >= 0.6 is 23.2 Å². The van der Waals surface area contributed by atoms with E-state index in [-0.39, 0.29) is 17.2 Å². The lowest BCUT2D eigenvalue weighted by Crippen LogP contribution is -2.31. The molecule has 3 rings (SSSR count). The molecule has 2 heterocycles. The Hall–Kier alpha value is -5.08. The minimum Gasteiger partial charge on any atom is -0.378 e. The molecule has 2 aromatic heterocycles. The van der Waals surface area contributed by atoms with Gasteiger partial charge in [0, 0.05) is 73.5 Å². The molecule has 0 aliphatic heterocycles. The maximum Gasteiger partial charge on any atom is 0.326 e. The maximum atomic E-state index is 11.5. The molecule has 0 unspecified atom stereocenters. The Kier molecular flexibility index (Phi) is 15.1. The summed E-state index contributed by atoms with van der Waals surface area (Å²) in [5, 5.41) is 26.4. The second kappa shape index (κ2) is 18.7. The lowest BCUT2D eigenvalue weighted by Gasteiger charge is -2.19. The van der Waals surface area contributed by atoms with Crippen molar-refractivity contribution < 1.29 is 9.85 Å². The number of aliphatic imine (C=N–C) groups is 2. The number of aromatic nitrogens is 2. The average molecular weight is 672 g/mol. The van der Waals surface area contributed by atoms with Crippen LogP contribution in [0.1, 0.15) is 11.1 Å². The zero-order valence-corrected chi connectivity index (χ0v) is 27.8. The number of halogens is 2. The highest BCUT2D eigenvalue weighted by molar-refractivity contribution is 6.29. The molecule has 0 atom stereocenters. The van der Waals surface area contributed by atoms with Crippen molar-refractivity contribution in [1.82, 2.24) is 24.7 Å². The molecule has 16 heteroatoms. The Labute approximate surface area is 277 Å². The second-order valence-electron chi connectivity index (χ2n) is 9.82. The molecule has 0 saturated heterocycles. The molecule has 3 aromatic rings. The average Bonchev–Trinajstić information content (AvgIpc) is 3.01. The molecule has 0 aliphatic carbocycles. The molecular formula is C30H36Cl2N10O4. The standard InChI is InChI=1S/C17H18ClN5O2.C13H18ClN5O2/c1-19-17(22(2)12-13-8-9-16(18)21-10-13)15(23(24)25)11-20-14-6-4-3-5-7-14;1-15-13(11(19(20)21)9-17(2)3)18(4)8-10-5-6-12(14)16-7-10/h3-11,20H,12H2,1-2H3;5-7,9H,8H2,1-4H3/b15-11+,19-17?;11-9+,15-13?. The number of nitrogens with zero attached hydrogens (tertiary/aromatic N) is 9. The predicted octanol–water partition coefficient (Wildman–Crippen LogP) is 5.30. The first-order valence-electron chi connectivity index (χ1n) is 13.6. The van der Waals surface area contributed by atoms with Gasteiger partial charge in [-0.25, -0.2) is 9.97 Å². The van der Waals surface area contributed by atoms with Crippen molar-refractivity contribution in [2.75, 3.05) is 47.6 Å². The molecule has 0 radical (unpaired) electrons. The van der Waals surface area contributed by atoms with Gasteiger partial charge in [0.05, 0.1) is 22.2 Å². The first kappa shape index (κ1) is 37.1. The van der Waals surface area contributed by atoms with Crippen molar-refractivity contribution in [2.24, 2.45) is 9.98 Å². The molecule has 0 bridgehead atoms. The van der Waals surface area contributed by atoms with Gasteiger partial charge in [0.1, 0.15) is 10.3 Å². The van der Waals surface area contributed by atoms with Crippen molar-refractivity contribution in [3.63, 3.8) is 0 Å². The van der Waals surface area contributed by atoms with Gasteiger partial charge in [-0.15, -0.1) is 0 Å². The van der Waals surface area contributed by atoms with Gasteiger partial charge in [0.25, 0.3) is 0 Å². The lowest BCUT2D eigenvalue weighted by atomic mass is 10.2. The molecule has 0 fully saturated rings. The van der Waals surface area contributed by atoms with E-state index in [1.165, 1.54) is 26.5 Å². The van der Waals surface area contributed by atoms with E-state index in [9.17, 15) is 20.2 Å². The smallest absolute Gasteiger partial charge is 0.326 e. The maximum absolute atomic E-state index is 11.5. The minimum atomic E-state index is -0.463. The van der Waals surface area contributed by atoms with E-state index in [0.29, 0.717) is 29.2 Å². The number of nitrogens with one attached hydrogen (secondary N) is 1. The van der Waals surface area contributed by atoms with Gasteiger partial charge in [-0.2, -0.15) is 0 Å². The quantitative estimate of drug-likeness (QED) is 0.0932. The minimum absolute atomic E-state index is 0.0630. The van der Waals surface area contributed by atoms with E-state index in [4.69, 9.17) is 23.2 Å². The van der Waals surface area contributed by atoms with E-state index >= 15 is 0 Å². The molecule has 244 valence electrons. The monoisotopic (exact) mass is 670 g/mol. The molecule has 0 saturated carbocycles. The van der Waals surface area contributed by atoms with Crippen LogP contribution in [0.25, 0.3) is 0 Å². The normalized spacial score (nSPS) is 12.1. The highest BCUT2D eigenvalue weighted by atomic mass is 35.5. The summed E-state index contributed by atoms with van der Waals surface area (Å²) in [5.41, 5.74) is 2.31. The number of rotatable bonds is 11. The van der Waals surface area contributed by atoms with Gasteiger partial charge < -0.3 is 20.0 Å². The topological polar surface area (TPSA) is 159 Å². The Balaban J connectivity index is 0.000000326. The van der Waals surface area contributed by atoms with Gasteiger partial charge in [0.15, 0.2) is 0 Å². The molecule has 1 N–H and O–H groups in total. The summed E-state index contributed by atoms with van der Waals surface area (Å²) in [5.74, 6) is 0.548. The lowest BCUT2D eigenvalue weighted by molar-refractivity contribution is -0.416. The van der Waals surface area contributed by atoms with Crippen LogP contribution in [0.3, 0.4) is 0 Å². The van der Waals surface area contributed by atoms with E-state index in [0.717, 1.165) is 16.8 Å². The summed E-state index contributed by atoms with van der Waals surface area (Å²) in [7, 11) is 9.96. The molecule has 0 amide bonds.